The number of nitrogens with zero attached hydrogens (tertiary/aromatic N) is 2. The highest BCUT2D eigenvalue weighted by molar-refractivity contribution is 6.31. The van der Waals surface area contributed by atoms with Gasteiger partial charge in [0, 0.05) is 44.2 Å². The summed E-state index contributed by atoms with van der Waals surface area (Å²) in [5.41, 5.74) is 2.57. The first-order valence-corrected chi connectivity index (χ1v) is 6.34. The molecule has 0 unspecified atom stereocenters. The summed E-state index contributed by atoms with van der Waals surface area (Å²) in [5, 5.41) is 0.528. The van der Waals surface area contributed by atoms with Crippen molar-refractivity contribution < 1.29 is 4.79 Å². The minimum absolute atomic E-state index is 0.0541. The van der Waals surface area contributed by atoms with Crippen molar-refractivity contribution in [3.63, 3.8) is 0 Å². The van der Waals surface area contributed by atoms with E-state index in [1.807, 2.05) is 43.3 Å². The highest BCUT2D eigenvalue weighted by Crippen LogP contribution is 2.18. The van der Waals surface area contributed by atoms with E-state index in [0.717, 1.165) is 11.3 Å². The lowest BCUT2D eigenvalue weighted by Crippen LogP contribution is -2.09. The standard InChI is InChI=1S/C15H15ClN2O/c1-18(2)13-5-3-11(4-6-13)15(19)9-12-7-8-17-10-14(12)16/h3-8,10H,9H2,1-2H3. The lowest BCUT2D eigenvalue weighted by molar-refractivity contribution is 0.0993. The average molecular weight is 275 g/mol. The summed E-state index contributed by atoms with van der Waals surface area (Å²) >= 11 is 6.00. The predicted molar refractivity (Wildman–Crippen MR) is 78.1 cm³/mol. The van der Waals surface area contributed by atoms with Gasteiger partial charge in [-0.1, -0.05) is 11.6 Å². The molecule has 0 saturated heterocycles. The molecule has 0 aliphatic carbocycles. The summed E-state index contributed by atoms with van der Waals surface area (Å²) in [6, 6.07) is 9.32. The second kappa shape index (κ2) is 5.85. The number of rotatable bonds is 4. The van der Waals surface area contributed by atoms with Crippen molar-refractivity contribution in [1.29, 1.82) is 0 Å². The van der Waals surface area contributed by atoms with Crippen molar-refractivity contribution >= 4 is 23.1 Å². The Morgan fingerprint density at radius 2 is 1.89 bits per heavy atom. The average Bonchev–Trinajstić information content (AvgIpc) is 2.41. The molecule has 0 saturated carbocycles. The Labute approximate surface area is 117 Å². The number of ketones is 1. The summed E-state index contributed by atoms with van der Waals surface area (Å²) in [7, 11) is 3.93. The van der Waals surface area contributed by atoms with E-state index in [0.29, 0.717) is 17.0 Å². The molecule has 1 aromatic heterocycles. The Kier molecular flexibility index (Phi) is 4.17. The Hall–Kier alpha value is -1.87. The van der Waals surface area contributed by atoms with Crippen LogP contribution in [0.4, 0.5) is 5.69 Å². The maximum Gasteiger partial charge on any atom is 0.167 e. The summed E-state index contributed by atoms with van der Waals surface area (Å²) in [5.74, 6) is 0.0541. The van der Waals surface area contributed by atoms with Crippen LogP contribution in [0, 0.1) is 0 Å². The van der Waals surface area contributed by atoms with Crippen LogP contribution in [-0.4, -0.2) is 24.9 Å². The van der Waals surface area contributed by atoms with Crippen molar-refractivity contribution in [2.45, 2.75) is 6.42 Å². The zero-order chi connectivity index (χ0) is 13.8. The van der Waals surface area contributed by atoms with Gasteiger partial charge in [0.1, 0.15) is 0 Å². The largest absolute Gasteiger partial charge is 0.378 e. The van der Waals surface area contributed by atoms with Crippen LogP contribution in [0.25, 0.3) is 0 Å². The second-order valence-corrected chi connectivity index (χ2v) is 4.92. The SMILES string of the molecule is CN(C)c1ccc(C(=O)Cc2ccncc2Cl)cc1. The molecule has 0 spiro atoms. The van der Waals surface area contributed by atoms with Gasteiger partial charge in [0.05, 0.1) is 5.02 Å². The molecular weight excluding hydrogens is 260 g/mol. The number of Topliss-reactive ketones (excluding diaryl/α,β-unsaturated/α-hetero) is 1. The fourth-order valence-electron chi connectivity index (χ4n) is 1.77. The fraction of sp³-hybridized carbons (Fsp3) is 0.200. The monoisotopic (exact) mass is 274 g/mol. The number of hydrogen-bond acceptors (Lipinski definition) is 3. The number of carbonyl (C=O) groups is 1. The summed E-state index contributed by atoms with van der Waals surface area (Å²) in [6.45, 7) is 0. The van der Waals surface area contributed by atoms with E-state index in [4.69, 9.17) is 11.6 Å². The molecule has 98 valence electrons. The third-order valence-electron chi connectivity index (χ3n) is 2.91. The van der Waals surface area contributed by atoms with E-state index in [1.54, 1.807) is 18.5 Å². The molecule has 0 aliphatic rings. The minimum atomic E-state index is 0.0541. The number of anilines is 1. The number of benzene rings is 1. The zero-order valence-electron chi connectivity index (χ0n) is 10.9. The van der Waals surface area contributed by atoms with Crippen LogP contribution < -0.4 is 4.90 Å². The molecule has 0 radical (unpaired) electrons. The highest BCUT2D eigenvalue weighted by atomic mass is 35.5. The molecule has 0 N–H and O–H groups in total. The van der Waals surface area contributed by atoms with Crippen molar-refractivity contribution in [2.24, 2.45) is 0 Å². The van der Waals surface area contributed by atoms with Crippen LogP contribution in [0.1, 0.15) is 15.9 Å². The summed E-state index contributed by atoms with van der Waals surface area (Å²) in [6.07, 6.45) is 3.49. The van der Waals surface area contributed by atoms with Crippen molar-refractivity contribution in [2.75, 3.05) is 19.0 Å². The van der Waals surface area contributed by atoms with Gasteiger partial charge in [0.25, 0.3) is 0 Å². The van der Waals surface area contributed by atoms with Gasteiger partial charge in [0.2, 0.25) is 0 Å². The maximum atomic E-state index is 12.2. The molecule has 0 amide bonds. The van der Waals surface area contributed by atoms with Gasteiger partial charge < -0.3 is 4.90 Å². The molecule has 2 rings (SSSR count). The summed E-state index contributed by atoms with van der Waals surface area (Å²) < 4.78 is 0. The third kappa shape index (κ3) is 3.32. The van der Waals surface area contributed by atoms with E-state index in [-0.39, 0.29) is 5.78 Å². The maximum absolute atomic E-state index is 12.2. The van der Waals surface area contributed by atoms with E-state index in [9.17, 15) is 4.79 Å². The minimum Gasteiger partial charge on any atom is -0.378 e. The highest BCUT2D eigenvalue weighted by Gasteiger charge is 2.09. The van der Waals surface area contributed by atoms with Gasteiger partial charge in [-0.2, -0.15) is 0 Å². The van der Waals surface area contributed by atoms with E-state index >= 15 is 0 Å². The van der Waals surface area contributed by atoms with Crippen molar-refractivity contribution in [1.82, 2.24) is 4.98 Å². The first-order chi connectivity index (χ1) is 9.08. The molecule has 19 heavy (non-hydrogen) atoms. The number of carbonyl (C=O) groups excluding carboxylic acids is 1. The molecule has 1 heterocycles. The van der Waals surface area contributed by atoms with Crippen LogP contribution >= 0.6 is 11.6 Å². The van der Waals surface area contributed by atoms with Crippen LogP contribution in [0.5, 0.6) is 0 Å². The molecule has 2 aromatic rings. The second-order valence-electron chi connectivity index (χ2n) is 4.51. The van der Waals surface area contributed by atoms with E-state index in [2.05, 4.69) is 4.98 Å². The number of aromatic nitrogens is 1. The zero-order valence-corrected chi connectivity index (χ0v) is 11.7. The Morgan fingerprint density at radius 3 is 2.47 bits per heavy atom. The first kappa shape index (κ1) is 13.6. The molecular formula is C15H15ClN2O. The van der Waals surface area contributed by atoms with Crippen molar-refractivity contribution in [3.05, 3.63) is 58.9 Å². The Morgan fingerprint density at radius 1 is 1.21 bits per heavy atom. The third-order valence-corrected chi connectivity index (χ3v) is 3.25. The normalized spacial score (nSPS) is 10.3. The molecule has 1 aromatic carbocycles. The van der Waals surface area contributed by atoms with E-state index in [1.165, 1.54) is 0 Å². The van der Waals surface area contributed by atoms with Gasteiger partial charge in [0.15, 0.2) is 5.78 Å². The molecule has 0 atom stereocenters. The number of halogens is 1. The van der Waals surface area contributed by atoms with Crippen LogP contribution in [-0.2, 0) is 6.42 Å². The molecule has 0 aliphatic heterocycles. The van der Waals surface area contributed by atoms with Crippen LogP contribution in [0.2, 0.25) is 5.02 Å². The number of hydrogen-bond donors (Lipinski definition) is 0. The van der Waals surface area contributed by atoms with Gasteiger partial charge in [-0.05, 0) is 35.9 Å². The van der Waals surface area contributed by atoms with Gasteiger partial charge in [-0.15, -0.1) is 0 Å². The fourth-order valence-corrected chi connectivity index (χ4v) is 1.95. The molecule has 0 fully saturated rings. The predicted octanol–water partition coefficient (Wildman–Crippen LogP) is 3.23. The van der Waals surface area contributed by atoms with Crippen LogP contribution in [0.15, 0.2) is 42.7 Å². The Balaban J connectivity index is 2.14. The first-order valence-electron chi connectivity index (χ1n) is 5.97. The van der Waals surface area contributed by atoms with Gasteiger partial charge in [-0.25, -0.2) is 0 Å². The molecule has 4 heteroatoms. The summed E-state index contributed by atoms with van der Waals surface area (Å²) in [4.78, 5) is 18.1. The van der Waals surface area contributed by atoms with Gasteiger partial charge >= 0.3 is 0 Å². The van der Waals surface area contributed by atoms with E-state index < -0.39 is 0 Å². The van der Waals surface area contributed by atoms with Crippen LogP contribution in [0.3, 0.4) is 0 Å². The quantitative estimate of drug-likeness (QED) is 0.803. The lowest BCUT2D eigenvalue weighted by Gasteiger charge is -2.12. The molecule has 3 nitrogen and oxygen atoms in total. The Bertz CT molecular complexity index is 579. The topological polar surface area (TPSA) is 33.2 Å². The number of pyridine rings is 1. The lowest BCUT2D eigenvalue weighted by atomic mass is 10.0. The van der Waals surface area contributed by atoms with Gasteiger partial charge in [-0.3, -0.25) is 9.78 Å². The van der Waals surface area contributed by atoms with Crippen molar-refractivity contribution in [3.8, 4) is 0 Å². The smallest absolute Gasteiger partial charge is 0.167 e. The molecule has 0 bridgehead atoms.